The molecule has 2 nitrogen and oxygen atoms in total. The summed E-state index contributed by atoms with van der Waals surface area (Å²) in [6, 6.07) is 0.761. The third-order valence-electron chi connectivity index (χ3n) is 5.19. The molecular weight excluding hydrogens is 232 g/mol. The summed E-state index contributed by atoms with van der Waals surface area (Å²) in [6.07, 6.45) is 8.35. The second-order valence-electron chi connectivity index (χ2n) is 7.62. The molecule has 0 amide bonds. The van der Waals surface area contributed by atoms with Gasteiger partial charge in [0.2, 0.25) is 0 Å². The zero-order chi connectivity index (χ0) is 13.9. The molecule has 2 atom stereocenters. The van der Waals surface area contributed by atoms with Gasteiger partial charge in [-0.3, -0.25) is 4.90 Å². The Hall–Kier alpha value is -0.0800. The Bertz CT molecular complexity index is 272. The first kappa shape index (κ1) is 15.3. The first-order valence-corrected chi connectivity index (χ1v) is 8.50. The van der Waals surface area contributed by atoms with E-state index >= 15 is 0 Å². The van der Waals surface area contributed by atoms with Crippen LogP contribution < -0.4 is 5.32 Å². The molecule has 0 radical (unpaired) electrons. The number of nitrogens with one attached hydrogen (secondary N) is 1. The van der Waals surface area contributed by atoms with Gasteiger partial charge >= 0.3 is 0 Å². The summed E-state index contributed by atoms with van der Waals surface area (Å²) in [5.74, 6) is 1.80. The first-order chi connectivity index (χ1) is 9.01. The van der Waals surface area contributed by atoms with E-state index in [1.165, 1.54) is 58.2 Å². The van der Waals surface area contributed by atoms with E-state index in [-0.39, 0.29) is 0 Å². The lowest BCUT2D eigenvalue weighted by Crippen LogP contribution is -2.52. The number of hydrogen-bond acceptors (Lipinski definition) is 2. The molecule has 1 saturated carbocycles. The number of rotatable bonds is 6. The van der Waals surface area contributed by atoms with Crippen LogP contribution in [0.15, 0.2) is 0 Å². The molecule has 0 aromatic heterocycles. The smallest absolute Gasteiger partial charge is 0.0308 e. The van der Waals surface area contributed by atoms with Crippen molar-refractivity contribution in [3.8, 4) is 0 Å². The molecule has 0 bridgehead atoms. The molecule has 2 fully saturated rings. The molecular formula is C17H34N2. The van der Waals surface area contributed by atoms with E-state index in [1.807, 2.05) is 0 Å². The van der Waals surface area contributed by atoms with Crippen molar-refractivity contribution >= 4 is 0 Å². The van der Waals surface area contributed by atoms with Gasteiger partial charge in [0.1, 0.15) is 0 Å². The van der Waals surface area contributed by atoms with E-state index in [0.717, 1.165) is 17.9 Å². The molecule has 0 spiro atoms. The molecule has 19 heavy (non-hydrogen) atoms. The minimum absolute atomic E-state index is 0.392. The minimum Gasteiger partial charge on any atom is -0.310 e. The maximum Gasteiger partial charge on any atom is 0.0308 e. The van der Waals surface area contributed by atoms with Gasteiger partial charge in [-0.1, -0.05) is 26.7 Å². The van der Waals surface area contributed by atoms with Crippen LogP contribution in [-0.4, -0.2) is 36.1 Å². The van der Waals surface area contributed by atoms with Gasteiger partial charge in [-0.15, -0.1) is 0 Å². The Kier molecular flexibility index (Phi) is 5.30. The predicted molar refractivity (Wildman–Crippen MR) is 83.5 cm³/mol. The molecule has 0 aromatic rings. The maximum absolute atomic E-state index is 3.84. The highest BCUT2D eigenvalue weighted by molar-refractivity contribution is 5.01. The summed E-state index contributed by atoms with van der Waals surface area (Å²) < 4.78 is 0. The highest BCUT2D eigenvalue weighted by Gasteiger charge is 2.43. The molecule has 1 heterocycles. The minimum atomic E-state index is 0.392. The summed E-state index contributed by atoms with van der Waals surface area (Å²) >= 11 is 0. The van der Waals surface area contributed by atoms with Crippen molar-refractivity contribution < 1.29 is 0 Å². The van der Waals surface area contributed by atoms with Gasteiger partial charge in [0, 0.05) is 18.1 Å². The Morgan fingerprint density at radius 1 is 1.21 bits per heavy atom. The number of hydrogen-bond donors (Lipinski definition) is 1. The van der Waals surface area contributed by atoms with Gasteiger partial charge in [0.15, 0.2) is 0 Å². The lowest BCUT2D eigenvalue weighted by Gasteiger charge is -2.37. The molecule has 112 valence electrons. The Labute approximate surface area is 120 Å². The fraction of sp³-hybridized carbons (Fsp3) is 1.00. The van der Waals surface area contributed by atoms with Crippen LogP contribution in [0, 0.1) is 11.8 Å². The van der Waals surface area contributed by atoms with E-state index < -0.39 is 0 Å². The monoisotopic (exact) mass is 266 g/mol. The van der Waals surface area contributed by atoms with E-state index in [4.69, 9.17) is 0 Å². The van der Waals surface area contributed by atoms with Crippen molar-refractivity contribution in [2.75, 3.05) is 19.6 Å². The van der Waals surface area contributed by atoms with Crippen molar-refractivity contribution in [1.29, 1.82) is 0 Å². The Balaban J connectivity index is 1.83. The second-order valence-corrected chi connectivity index (χ2v) is 7.62. The van der Waals surface area contributed by atoms with Crippen LogP contribution in [0.5, 0.6) is 0 Å². The molecule has 1 saturated heterocycles. The summed E-state index contributed by atoms with van der Waals surface area (Å²) in [4.78, 5) is 2.76. The van der Waals surface area contributed by atoms with Gasteiger partial charge < -0.3 is 5.32 Å². The normalized spacial score (nSPS) is 31.4. The van der Waals surface area contributed by atoms with E-state index in [1.54, 1.807) is 0 Å². The third kappa shape index (κ3) is 4.46. The largest absolute Gasteiger partial charge is 0.310 e. The summed E-state index contributed by atoms with van der Waals surface area (Å²) in [5.41, 5.74) is 0.392. The molecule has 2 unspecified atom stereocenters. The molecule has 2 heteroatoms. The second kappa shape index (κ2) is 6.58. The first-order valence-electron chi connectivity index (χ1n) is 8.50. The zero-order valence-corrected chi connectivity index (χ0v) is 13.5. The highest BCUT2D eigenvalue weighted by atomic mass is 15.2. The fourth-order valence-corrected chi connectivity index (χ4v) is 3.59. The van der Waals surface area contributed by atoms with Crippen LogP contribution in [0.1, 0.15) is 66.2 Å². The van der Waals surface area contributed by atoms with Gasteiger partial charge in [-0.05, 0) is 64.5 Å². The van der Waals surface area contributed by atoms with E-state index in [2.05, 4.69) is 37.9 Å². The average Bonchev–Trinajstić information content (AvgIpc) is 3.14. The lowest BCUT2D eigenvalue weighted by atomic mass is 9.94. The standard InChI is InChI=1S/C17H34N2/c1-14(2)7-5-8-15(3)19-12-6-11-18-17(4,13-19)16-9-10-16/h14-16,18H,5-13H2,1-4H3. The fourth-order valence-electron chi connectivity index (χ4n) is 3.59. The van der Waals surface area contributed by atoms with Crippen LogP contribution in [0.2, 0.25) is 0 Å². The molecule has 2 aliphatic rings. The summed E-state index contributed by atoms with van der Waals surface area (Å²) in [7, 11) is 0. The lowest BCUT2D eigenvalue weighted by molar-refractivity contribution is 0.150. The van der Waals surface area contributed by atoms with Gasteiger partial charge in [0.25, 0.3) is 0 Å². The molecule has 1 aliphatic carbocycles. The predicted octanol–water partition coefficient (Wildman–Crippen LogP) is 3.67. The van der Waals surface area contributed by atoms with Crippen LogP contribution in [0.4, 0.5) is 0 Å². The van der Waals surface area contributed by atoms with Gasteiger partial charge in [0.05, 0.1) is 0 Å². The van der Waals surface area contributed by atoms with E-state index in [0.29, 0.717) is 5.54 Å². The SMILES string of the molecule is CC(C)CCCC(C)N1CCCNC(C)(C2CC2)C1. The van der Waals surface area contributed by atoms with Gasteiger partial charge in [-0.2, -0.15) is 0 Å². The molecule has 0 aromatic carbocycles. The van der Waals surface area contributed by atoms with Crippen molar-refractivity contribution in [3.05, 3.63) is 0 Å². The van der Waals surface area contributed by atoms with Crippen LogP contribution in [0.25, 0.3) is 0 Å². The quantitative estimate of drug-likeness (QED) is 0.789. The van der Waals surface area contributed by atoms with Crippen LogP contribution >= 0.6 is 0 Å². The zero-order valence-electron chi connectivity index (χ0n) is 13.5. The Morgan fingerprint density at radius 3 is 2.58 bits per heavy atom. The molecule has 1 N–H and O–H groups in total. The molecule has 1 aliphatic heterocycles. The number of nitrogens with zero attached hydrogens (tertiary/aromatic N) is 1. The molecule has 2 rings (SSSR count). The summed E-state index contributed by atoms with van der Waals surface area (Å²) in [6.45, 7) is 13.3. The van der Waals surface area contributed by atoms with E-state index in [9.17, 15) is 0 Å². The van der Waals surface area contributed by atoms with Crippen LogP contribution in [0.3, 0.4) is 0 Å². The van der Waals surface area contributed by atoms with Crippen molar-refractivity contribution in [1.82, 2.24) is 10.2 Å². The topological polar surface area (TPSA) is 15.3 Å². The van der Waals surface area contributed by atoms with Crippen LogP contribution in [-0.2, 0) is 0 Å². The van der Waals surface area contributed by atoms with Crippen molar-refractivity contribution in [2.45, 2.75) is 77.8 Å². The Morgan fingerprint density at radius 2 is 1.95 bits per heavy atom. The van der Waals surface area contributed by atoms with Gasteiger partial charge in [-0.25, -0.2) is 0 Å². The maximum atomic E-state index is 3.84. The van der Waals surface area contributed by atoms with Crippen molar-refractivity contribution in [3.63, 3.8) is 0 Å². The van der Waals surface area contributed by atoms with Crippen molar-refractivity contribution in [2.24, 2.45) is 11.8 Å². The average molecular weight is 266 g/mol. The summed E-state index contributed by atoms with van der Waals surface area (Å²) in [5, 5.41) is 3.84. The highest BCUT2D eigenvalue weighted by Crippen LogP contribution is 2.40. The third-order valence-corrected chi connectivity index (χ3v) is 5.19.